The summed E-state index contributed by atoms with van der Waals surface area (Å²) in [6, 6.07) is 12.7. The van der Waals surface area contributed by atoms with Crippen LogP contribution in [0.15, 0.2) is 42.5 Å². The molecule has 32 heavy (non-hydrogen) atoms. The number of nitrogens with zero attached hydrogens (tertiary/aromatic N) is 1. The Morgan fingerprint density at radius 1 is 1.12 bits per heavy atom. The van der Waals surface area contributed by atoms with Crippen molar-refractivity contribution in [3.8, 4) is 11.5 Å². The number of carbonyl (C=O) groups is 3. The molecule has 1 saturated heterocycles. The molecule has 5 rings (SSSR count). The van der Waals surface area contributed by atoms with E-state index in [1.807, 2.05) is 31.2 Å². The van der Waals surface area contributed by atoms with Crippen molar-refractivity contribution in [3.63, 3.8) is 0 Å². The molecule has 2 aliphatic rings. The van der Waals surface area contributed by atoms with Crippen LogP contribution in [0.25, 0.3) is 10.9 Å². The molecular formula is C24H22N2O6. The van der Waals surface area contributed by atoms with Crippen LogP contribution in [0.3, 0.4) is 0 Å². The van der Waals surface area contributed by atoms with Gasteiger partial charge < -0.3 is 24.1 Å². The number of aromatic amines is 1. The minimum Gasteiger partial charge on any atom is -0.486 e. The number of amides is 1. The van der Waals surface area contributed by atoms with E-state index in [1.165, 1.54) is 4.90 Å². The van der Waals surface area contributed by atoms with Crippen LogP contribution in [0, 0.1) is 12.8 Å². The number of carbonyl (C=O) groups excluding carboxylic acids is 3. The monoisotopic (exact) mass is 434 g/mol. The Kier molecular flexibility index (Phi) is 5.05. The molecule has 3 aromatic rings. The van der Waals surface area contributed by atoms with Crippen molar-refractivity contribution < 1.29 is 28.6 Å². The maximum absolute atomic E-state index is 12.7. The number of hydrogen-bond donors (Lipinski definition) is 1. The number of aromatic nitrogens is 1. The van der Waals surface area contributed by atoms with Gasteiger partial charge in [-0.15, -0.1) is 0 Å². The number of benzene rings is 2. The highest BCUT2D eigenvalue weighted by atomic mass is 16.6. The van der Waals surface area contributed by atoms with Gasteiger partial charge in [0.2, 0.25) is 11.7 Å². The summed E-state index contributed by atoms with van der Waals surface area (Å²) < 4.78 is 16.4. The fourth-order valence-electron chi connectivity index (χ4n) is 4.28. The smallest absolute Gasteiger partial charge is 0.311 e. The van der Waals surface area contributed by atoms with Gasteiger partial charge in [0.05, 0.1) is 5.92 Å². The molecule has 0 aliphatic carbocycles. The second-order valence-electron chi connectivity index (χ2n) is 7.93. The third-order valence-corrected chi connectivity index (χ3v) is 5.81. The Bertz CT molecular complexity index is 1230. The van der Waals surface area contributed by atoms with Crippen molar-refractivity contribution >= 4 is 34.3 Å². The number of Topliss-reactive ketones (excluding diaryl/α,β-unsaturated/α-hetero) is 1. The zero-order valence-electron chi connectivity index (χ0n) is 17.6. The molecule has 0 bridgehead atoms. The summed E-state index contributed by atoms with van der Waals surface area (Å²) in [6.45, 7) is 2.58. The molecule has 8 heteroatoms. The van der Waals surface area contributed by atoms with Gasteiger partial charge in [-0.3, -0.25) is 14.4 Å². The maximum Gasteiger partial charge on any atom is 0.311 e. The average molecular weight is 434 g/mol. The number of fused-ring (bicyclic) bond motifs is 2. The predicted octanol–water partition coefficient (Wildman–Crippen LogP) is 3.03. The summed E-state index contributed by atoms with van der Waals surface area (Å²) in [5.41, 5.74) is 2.75. The molecule has 1 amide bonds. The molecule has 1 aromatic heterocycles. The molecule has 0 radical (unpaired) electrons. The second-order valence-corrected chi connectivity index (χ2v) is 7.93. The second kappa shape index (κ2) is 8.03. The van der Waals surface area contributed by atoms with Gasteiger partial charge in [0.25, 0.3) is 0 Å². The number of aryl methyl sites for hydroxylation is 1. The van der Waals surface area contributed by atoms with Crippen molar-refractivity contribution in [2.45, 2.75) is 13.3 Å². The molecule has 0 saturated carbocycles. The van der Waals surface area contributed by atoms with Crippen LogP contribution < -0.4 is 14.4 Å². The Labute approximate surface area is 184 Å². The van der Waals surface area contributed by atoms with E-state index < -0.39 is 11.9 Å². The molecular weight excluding hydrogens is 412 g/mol. The Morgan fingerprint density at radius 2 is 1.91 bits per heavy atom. The van der Waals surface area contributed by atoms with Crippen LogP contribution in [0.1, 0.15) is 22.5 Å². The van der Waals surface area contributed by atoms with E-state index in [1.54, 1.807) is 18.2 Å². The number of ether oxygens (including phenoxy) is 3. The zero-order valence-corrected chi connectivity index (χ0v) is 17.6. The number of rotatable bonds is 5. The maximum atomic E-state index is 12.7. The van der Waals surface area contributed by atoms with Crippen LogP contribution in [0.5, 0.6) is 11.5 Å². The van der Waals surface area contributed by atoms with Gasteiger partial charge in [-0.05, 0) is 25.1 Å². The normalized spacial score (nSPS) is 17.6. The number of esters is 1. The molecule has 0 spiro atoms. The molecule has 1 fully saturated rings. The number of para-hydroxylation sites is 1. The van der Waals surface area contributed by atoms with E-state index in [0.29, 0.717) is 36.0 Å². The van der Waals surface area contributed by atoms with Gasteiger partial charge in [0.15, 0.2) is 18.1 Å². The summed E-state index contributed by atoms with van der Waals surface area (Å²) in [4.78, 5) is 42.6. The third-order valence-electron chi connectivity index (χ3n) is 5.81. The quantitative estimate of drug-likeness (QED) is 0.490. The minimum atomic E-state index is -0.632. The van der Waals surface area contributed by atoms with E-state index in [4.69, 9.17) is 14.2 Å². The molecule has 1 unspecified atom stereocenters. The van der Waals surface area contributed by atoms with Gasteiger partial charge in [0.1, 0.15) is 13.2 Å². The number of hydrogen-bond acceptors (Lipinski definition) is 6. The summed E-state index contributed by atoms with van der Waals surface area (Å²) in [6.07, 6.45) is 0.0353. The fraction of sp³-hybridized carbons (Fsp3) is 0.292. The fourth-order valence-corrected chi connectivity index (χ4v) is 4.28. The van der Waals surface area contributed by atoms with Crippen molar-refractivity contribution in [2.24, 2.45) is 5.92 Å². The van der Waals surface area contributed by atoms with Gasteiger partial charge in [0, 0.05) is 46.9 Å². The van der Waals surface area contributed by atoms with Crippen molar-refractivity contribution in [1.29, 1.82) is 0 Å². The first-order valence-corrected chi connectivity index (χ1v) is 10.5. The lowest BCUT2D eigenvalue weighted by Gasteiger charge is -2.22. The van der Waals surface area contributed by atoms with Crippen LogP contribution >= 0.6 is 0 Å². The first kappa shape index (κ1) is 20.1. The molecule has 3 heterocycles. The number of anilines is 1. The predicted molar refractivity (Wildman–Crippen MR) is 116 cm³/mol. The van der Waals surface area contributed by atoms with E-state index >= 15 is 0 Å². The van der Waals surface area contributed by atoms with Crippen molar-refractivity contribution in [1.82, 2.24) is 4.98 Å². The molecule has 1 N–H and O–H groups in total. The topological polar surface area (TPSA) is 97.9 Å². The molecule has 2 aromatic carbocycles. The molecule has 8 nitrogen and oxygen atoms in total. The molecule has 1 atom stereocenters. The Balaban J connectivity index is 1.24. The van der Waals surface area contributed by atoms with E-state index in [2.05, 4.69) is 4.98 Å². The van der Waals surface area contributed by atoms with Crippen molar-refractivity contribution in [2.75, 3.05) is 31.3 Å². The van der Waals surface area contributed by atoms with Crippen LogP contribution in [0.2, 0.25) is 0 Å². The summed E-state index contributed by atoms with van der Waals surface area (Å²) in [7, 11) is 0. The van der Waals surface area contributed by atoms with E-state index in [0.717, 1.165) is 16.6 Å². The van der Waals surface area contributed by atoms with E-state index in [9.17, 15) is 14.4 Å². The van der Waals surface area contributed by atoms with Crippen molar-refractivity contribution in [3.05, 3.63) is 53.7 Å². The number of H-pyrrole nitrogens is 1. The first-order chi connectivity index (χ1) is 15.5. The lowest BCUT2D eigenvalue weighted by molar-refractivity contribution is -0.147. The third kappa shape index (κ3) is 3.57. The minimum absolute atomic E-state index is 0.0353. The lowest BCUT2D eigenvalue weighted by atomic mass is 10.1. The first-order valence-electron chi connectivity index (χ1n) is 10.5. The van der Waals surface area contributed by atoms with Gasteiger partial charge in [-0.25, -0.2) is 0 Å². The largest absolute Gasteiger partial charge is 0.486 e. The van der Waals surface area contributed by atoms with Gasteiger partial charge in [-0.1, -0.05) is 18.2 Å². The van der Waals surface area contributed by atoms with Crippen LogP contribution in [-0.2, 0) is 14.3 Å². The lowest BCUT2D eigenvalue weighted by Crippen LogP contribution is -2.27. The molecule has 164 valence electrons. The zero-order chi connectivity index (χ0) is 22.2. The average Bonchev–Trinajstić information content (AvgIpc) is 3.36. The van der Waals surface area contributed by atoms with Gasteiger partial charge >= 0.3 is 5.97 Å². The SMILES string of the molecule is Cc1[nH]c2ccccc2c1C(=O)COC(=O)C1CC(=O)N(c2ccc3c(c2)OCCO3)C1. The number of nitrogens with one attached hydrogen (secondary N) is 1. The van der Waals surface area contributed by atoms with E-state index in [-0.39, 0.29) is 31.3 Å². The molecule has 2 aliphatic heterocycles. The summed E-state index contributed by atoms with van der Waals surface area (Å²) in [5, 5.41) is 0.798. The van der Waals surface area contributed by atoms with Crippen LogP contribution in [-0.4, -0.2) is 49.0 Å². The Morgan fingerprint density at radius 3 is 2.75 bits per heavy atom. The standard InChI is InChI=1S/C24H22N2O6/c1-14-23(17-4-2-3-5-18(17)25-14)19(27)13-32-24(29)15-10-22(28)26(12-15)16-6-7-20-21(11-16)31-9-8-30-20/h2-7,11,15,25H,8-10,12-13H2,1H3. The highest BCUT2D eigenvalue weighted by Crippen LogP contribution is 2.36. The highest BCUT2D eigenvalue weighted by molar-refractivity contribution is 6.10. The Hall–Kier alpha value is -3.81. The van der Waals surface area contributed by atoms with Gasteiger partial charge in [-0.2, -0.15) is 0 Å². The van der Waals surface area contributed by atoms with Crippen LogP contribution in [0.4, 0.5) is 5.69 Å². The summed E-state index contributed by atoms with van der Waals surface area (Å²) in [5.74, 6) is -0.429. The highest BCUT2D eigenvalue weighted by Gasteiger charge is 2.37. The summed E-state index contributed by atoms with van der Waals surface area (Å²) >= 11 is 0. The number of ketones is 1.